The molecule has 0 N–H and O–H groups in total. The predicted octanol–water partition coefficient (Wildman–Crippen LogP) is 2.61. The number of hydrogen-bond acceptors (Lipinski definition) is 2. The summed E-state index contributed by atoms with van der Waals surface area (Å²) in [4.78, 5) is 11.3. The smallest absolute Gasteiger partial charge is 0.307 e. The Hall–Kier alpha value is -0.570. The van der Waals surface area contributed by atoms with Crippen molar-refractivity contribution in [1.82, 2.24) is 5.32 Å². The van der Waals surface area contributed by atoms with E-state index >= 15 is 0 Å². The molecule has 1 saturated heterocycles. The molecule has 0 aliphatic carbocycles. The number of nitrogens with zero attached hydrogens (tertiary/aromatic N) is 1. The summed E-state index contributed by atoms with van der Waals surface area (Å²) in [6, 6.07) is 0. The maximum Gasteiger partial charge on any atom is 0.307 e. The van der Waals surface area contributed by atoms with Gasteiger partial charge in [-0.05, 0) is 12.8 Å². The summed E-state index contributed by atoms with van der Waals surface area (Å²) >= 11 is 0. The van der Waals surface area contributed by atoms with Crippen LogP contribution in [0.25, 0.3) is 0 Å². The van der Waals surface area contributed by atoms with Gasteiger partial charge in [-0.3, -0.25) is 4.79 Å². The van der Waals surface area contributed by atoms with Crippen LogP contribution in [0.5, 0.6) is 0 Å². The number of carbonyl (C=O) groups excluding carboxylic acids is 1. The number of carbonyl (C=O) groups is 1. The highest BCUT2D eigenvalue weighted by Gasteiger charge is 2.19. The Kier molecular flexibility index (Phi) is 6.41. The van der Waals surface area contributed by atoms with Crippen LogP contribution in [0.1, 0.15) is 58.3 Å². The zero-order chi connectivity index (χ0) is 10.9. The van der Waals surface area contributed by atoms with Gasteiger partial charge in [0.25, 0.3) is 0 Å². The van der Waals surface area contributed by atoms with Crippen LogP contribution < -0.4 is 5.32 Å². The second-order valence-corrected chi connectivity index (χ2v) is 4.16. The summed E-state index contributed by atoms with van der Waals surface area (Å²) in [5, 5.41) is 4.19. The third kappa shape index (κ3) is 5.78. The second kappa shape index (κ2) is 7.69. The van der Waals surface area contributed by atoms with Gasteiger partial charge < -0.3 is 4.74 Å². The summed E-state index contributed by atoms with van der Waals surface area (Å²) in [6.45, 7) is 3.05. The molecule has 0 saturated carbocycles. The van der Waals surface area contributed by atoms with Gasteiger partial charge in [0.1, 0.15) is 0 Å². The molecule has 0 aromatic carbocycles. The van der Waals surface area contributed by atoms with Crippen LogP contribution in [0.15, 0.2) is 0 Å². The molecule has 0 amide bonds. The van der Waals surface area contributed by atoms with Crippen LogP contribution >= 0.6 is 0 Å². The van der Waals surface area contributed by atoms with Gasteiger partial charge in [-0.25, -0.2) is 5.32 Å². The van der Waals surface area contributed by atoms with Crippen molar-refractivity contribution < 1.29 is 9.53 Å². The molecular formula is C12H22NO2. The molecule has 1 aliphatic rings. The fraction of sp³-hybridized carbons (Fsp3) is 0.917. The van der Waals surface area contributed by atoms with Crippen molar-refractivity contribution in [2.45, 2.75) is 64.5 Å². The SMILES string of the molecule is CCCCCCCC(=O)OC1CCC[N]1. The van der Waals surface area contributed by atoms with Crippen molar-refractivity contribution in [1.29, 1.82) is 0 Å². The summed E-state index contributed by atoms with van der Waals surface area (Å²) in [5.41, 5.74) is 0. The molecule has 3 nitrogen and oxygen atoms in total. The Morgan fingerprint density at radius 1 is 1.33 bits per heavy atom. The van der Waals surface area contributed by atoms with Crippen LogP contribution in [0.3, 0.4) is 0 Å². The molecule has 0 bridgehead atoms. The van der Waals surface area contributed by atoms with Crippen molar-refractivity contribution in [3.8, 4) is 0 Å². The van der Waals surface area contributed by atoms with Crippen molar-refractivity contribution in [2.24, 2.45) is 0 Å². The molecular weight excluding hydrogens is 190 g/mol. The first-order valence-electron chi connectivity index (χ1n) is 6.19. The van der Waals surface area contributed by atoms with Crippen molar-refractivity contribution in [2.75, 3.05) is 6.54 Å². The maximum absolute atomic E-state index is 11.3. The highest BCUT2D eigenvalue weighted by molar-refractivity contribution is 5.69. The Bertz CT molecular complexity index is 176. The van der Waals surface area contributed by atoms with E-state index in [4.69, 9.17) is 4.74 Å². The molecule has 0 spiro atoms. The van der Waals surface area contributed by atoms with Gasteiger partial charge in [0.15, 0.2) is 6.23 Å². The van der Waals surface area contributed by atoms with E-state index in [-0.39, 0.29) is 12.2 Å². The molecule has 1 heterocycles. The van der Waals surface area contributed by atoms with Crippen molar-refractivity contribution in [3.05, 3.63) is 0 Å². The minimum absolute atomic E-state index is 0.0675. The van der Waals surface area contributed by atoms with E-state index in [2.05, 4.69) is 12.2 Å². The first kappa shape index (κ1) is 12.5. The average Bonchev–Trinajstić information content (AvgIpc) is 2.70. The van der Waals surface area contributed by atoms with Crippen LogP contribution in [0, 0.1) is 0 Å². The molecule has 87 valence electrons. The van der Waals surface area contributed by atoms with Crippen LogP contribution in [-0.2, 0) is 9.53 Å². The quantitative estimate of drug-likeness (QED) is 0.481. The van der Waals surface area contributed by atoms with E-state index in [9.17, 15) is 4.79 Å². The molecule has 3 heteroatoms. The first-order valence-corrected chi connectivity index (χ1v) is 6.19. The molecule has 0 aromatic rings. The Morgan fingerprint density at radius 3 is 2.80 bits per heavy atom. The summed E-state index contributed by atoms with van der Waals surface area (Å²) in [5.74, 6) is -0.0675. The fourth-order valence-electron chi connectivity index (χ4n) is 1.77. The Morgan fingerprint density at radius 2 is 2.13 bits per heavy atom. The molecule has 1 rings (SSSR count). The number of unbranched alkanes of at least 4 members (excludes halogenated alkanes) is 4. The molecule has 15 heavy (non-hydrogen) atoms. The average molecular weight is 212 g/mol. The van der Waals surface area contributed by atoms with Gasteiger partial charge >= 0.3 is 5.97 Å². The topological polar surface area (TPSA) is 40.4 Å². The highest BCUT2D eigenvalue weighted by Crippen LogP contribution is 2.11. The van der Waals surface area contributed by atoms with Gasteiger partial charge in [0.05, 0.1) is 0 Å². The lowest BCUT2D eigenvalue weighted by Crippen LogP contribution is -2.22. The molecule has 1 aliphatic heterocycles. The summed E-state index contributed by atoms with van der Waals surface area (Å²) in [7, 11) is 0. The van der Waals surface area contributed by atoms with Crippen molar-refractivity contribution in [3.63, 3.8) is 0 Å². The van der Waals surface area contributed by atoms with E-state index in [1.165, 1.54) is 19.3 Å². The standard InChI is InChI=1S/C12H22NO2/c1-2-3-4-5-6-9-12(14)15-11-8-7-10-13-11/h11H,2-10H2,1H3. The van der Waals surface area contributed by atoms with E-state index in [0.717, 1.165) is 32.2 Å². The Balaban J connectivity index is 1.93. The molecule has 1 unspecified atom stereocenters. The van der Waals surface area contributed by atoms with Gasteiger partial charge in [-0.2, -0.15) is 0 Å². The van der Waals surface area contributed by atoms with Crippen molar-refractivity contribution >= 4 is 5.97 Å². The van der Waals surface area contributed by atoms with E-state index in [0.29, 0.717) is 6.42 Å². The second-order valence-electron chi connectivity index (χ2n) is 4.16. The van der Waals surface area contributed by atoms with E-state index < -0.39 is 0 Å². The largest absolute Gasteiger partial charge is 0.445 e. The Labute approximate surface area is 92.6 Å². The lowest BCUT2D eigenvalue weighted by Gasteiger charge is -2.10. The maximum atomic E-state index is 11.3. The summed E-state index contributed by atoms with van der Waals surface area (Å²) in [6.07, 6.45) is 8.27. The monoisotopic (exact) mass is 212 g/mol. The zero-order valence-electron chi connectivity index (χ0n) is 9.71. The lowest BCUT2D eigenvalue weighted by molar-refractivity contribution is -0.150. The predicted molar refractivity (Wildman–Crippen MR) is 59.5 cm³/mol. The first-order chi connectivity index (χ1) is 7.33. The van der Waals surface area contributed by atoms with Gasteiger partial charge in [-0.15, -0.1) is 0 Å². The molecule has 1 atom stereocenters. The van der Waals surface area contributed by atoms with Gasteiger partial charge in [-0.1, -0.05) is 32.6 Å². The van der Waals surface area contributed by atoms with Crippen LogP contribution in [0.2, 0.25) is 0 Å². The van der Waals surface area contributed by atoms with Crippen LogP contribution in [0.4, 0.5) is 0 Å². The van der Waals surface area contributed by atoms with Gasteiger partial charge in [0, 0.05) is 19.4 Å². The third-order valence-electron chi connectivity index (χ3n) is 2.69. The van der Waals surface area contributed by atoms with Gasteiger partial charge in [0.2, 0.25) is 0 Å². The fourth-order valence-corrected chi connectivity index (χ4v) is 1.77. The number of esters is 1. The minimum atomic E-state index is -0.131. The normalized spacial score (nSPS) is 20.5. The summed E-state index contributed by atoms with van der Waals surface area (Å²) < 4.78 is 5.21. The zero-order valence-corrected chi connectivity index (χ0v) is 9.71. The van der Waals surface area contributed by atoms with E-state index in [1.807, 2.05) is 0 Å². The van der Waals surface area contributed by atoms with Crippen LogP contribution in [-0.4, -0.2) is 18.7 Å². The number of hydrogen-bond donors (Lipinski definition) is 0. The van der Waals surface area contributed by atoms with E-state index in [1.54, 1.807) is 0 Å². The number of rotatable bonds is 7. The molecule has 1 fully saturated rings. The molecule has 1 radical (unpaired) electrons. The minimum Gasteiger partial charge on any atom is -0.445 e. The third-order valence-corrected chi connectivity index (χ3v) is 2.69. The highest BCUT2D eigenvalue weighted by atomic mass is 16.6. The molecule has 0 aromatic heterocycles. The number of ether oxygens (including phenoxy) is 1. The lowest BCUT2D eigenvalue weighted by atomic mass is 10.1.